The number of carbonyl (C=O) groups is 1. The average molecular weight is 361 g/mol. The van der Waals surface area contributed by atoms with Crippen LogP contribution in [0.3, 0.4) is 0 Å². The van der Waals surface area contributed by atoms with Gasteiger partial charge in [0.2, 0.25) is 0 Å². The maximum atomic E-state index is 12.3. The fourth-order valence-corrected chi connectivity index (χ4v) is 3.22. The van der Waals surface area contributed by atoms with E-state index >= 15 is 0 Å². The zero-order chi connectivity index (χ0) is 17.9. The Balaban J connectivity index is 1.54. The van der Waals surface area contributed by atoms with E-state index < -0.39 is 0 Å². The van der Waals surface area contributed by atoms with Gasteiger partial charge in [0.1, 0.15) is 0 Å². The molecule has 3 rings (SSSR count). The molecule has 0 aliphatic carbocycles. The molecule has 1 aliphatic rings. The Morgan fingerprint density at radius 3 is 2.52 bits per heavy atom. The zero-order valence-electron chi connectivity index (χ0n) is 14.1. The van der Waals surface area contributed by atoms with Crippen molar-refractivity contribution < 1.29 is 4.79 Å². The predicted octanol–water partition coefficient (Wildman–Crippen LogP) is 2.69. The van der Waals surface area contributed by atoms with Gasteiger partial charge in [0, 0.05) is 24.2 Å². The number of halogens is 1. The lowest BCUT2D eigenvalue weighted by molar-refractivity contribution is 0.162. The van der Waals surface area contributed by atoms with Crippen LogP contribution in [0.2, 0.25) is 5.02 Å². The van der Waals surface area contributed by atoms with Gasteiger partial charge in [0.25, 0.3) is 5.56 Å². The number of carbonyl (C=O) groups excluding carboxylic acids is 1. The van der Waals surface area contributed by atoms with E-state index in [9.17, 15) is 9.59 Å². The highest BCUT2D eigenvalue weighted by Crippen LogP contribution is 2.35. The van der Waals surface area contributed by atoms with Gasteiger partial charge in [-0.25, -0.2) is 9.89 Å². The van der Waals surface area contributed by atoms with Crippen molar-refractivity contribution in [2.24, 2.45) is 0 Å². The topological polar surface area (TPSA) is 78.1 Å². The molecule has 1 aromatic carbocycles. The van der Waals surface area contributed by atoms with Crippen LogP contribution in [0.1, 0.15) is 31.0 Å². The van der Waals surface area contributed by atoms with Gasteiger partial charge in [-0.1, -0.05) is 30.7 Å². The Labute approximate surface area is 151 Å². The number of benzene rings is 1. The maximum absolute atomic E-state index is 12.3. The third-order valence-corrected chi connectivity index (χ3v) is 5.10. The molecule has 0 atom stereocenters. The predicted molar refractivity (Wildman–Crippen MR) is 96.7 cm³/mol. The van der Waals surface area contributed by atoms with Crippen LogP contribution < -0.4 is 10.9 Å². The molecule has 25 heavy (non-hydrogen) atoms. The van der Waals surface area contributed by atoms with Gasteiger partial charge >= 0.3 is 6.03 Å². The zero-order valence-corrected chi connectivity index (χ0v) is 14.8. The number of amides is 2. The number of urea groups is 1. The van der Waals surface area contributed by atoms with E-state index in [0.717, 1.165) is 17.9 Å². The van der Waals surface area contributed by atoms with E-state index in [2.05, 4.69) is 34.6 Å². The van der Waals surface area contributed by atoms with E-state index in [4.69, 9.17) is 11.6 Å². The van der Waals surface area contributed by atoms with Crippen LogP contribution in [0, 0.1) is 0 Å². The lowest BCUT2D eigenvalue weighted by Crippen LogP contribution is -2.47. The van der Waals surface area contributed by atoms with Gasteiger partial charge in [-0.05, 0) is 42.0 Å². The SMILES string of the molecule is CC1(c2ccc(Cl)cc2)CCN(C(=O)NCc2ccc(=O)[nH]n2)CC1. The molecule has 2 heterocycles. The summed E-state index contributed by atoms with van der Waals surface area (Å²) in [4.78, 5) is 25.1. The van der Waals surface area contributed by atoms with Crippen molar-refractivity contribution in [1.82, 2.24) is 20.4 Å². The van der Waals surface area contributed by atoms with Crippen molar-refractivity contribution in [3.8, 4) is 0 Å². The smallest absolute Gasteiger partial charge is 0.317 e. The summed E-state index contributed by atoms with van der Waals surface area (Å²) in [5, 5.41) is 9.82. The van der Waals surface area contributed by atoms with Crippen LogP contribution in [0.4, 0.5) is 4.79 Å². The minimum Gasteiger partial charge on any atom is -0.332 e. The average Bonchev–Trinajstić information content (AvgIpc) is 2.62. The Hall–Kier alpha value is -2.34. The molecule has 1 fully saturated rings. The molecule has 1 aromatic heterocycles. The highest BCUT2D eigenvalue weighted by molar-refractivity contribution is 6.30. The van der Waals surface area contributed by atoms with Crippen molar-refractivity contribution >= 4 is 17.6 Å². The third kappa shape index (κ3) is 4.20. The van der Waals surface area contributed by atoms with Gasteiger partial charge in [0.05, 0.1) is 12.2 Å². The van der Waals surface area contributed by atoms with Crippen LogP contribution in [0.5, 0.6) is 0 Å². The second-order valence-electron chi connectivity index (χ2n) is 6.63. The number of aromatic nitrogens is 2. The summed E-state index contributed by atoms with van der Waals surface area (Å²) in [6.45, 7) is 3.92. The summed E-state index contributed by atoms with van der Waals surface area (Å²) in [5.74, 6) is 0. The van der Waals surface area contributed by atoms with E-state index in [1.165, 1.54) is 11.6 Å². The van der Waals surface area contributed by atoms with Crippen molar-refractivity contribution in [2.75, 3.05) is 13.1 Å². The van der Waals surface area contributed by atoms with Crippen molar-refractivity contribution in [3.05, 3.63) is 63.0 Å². The Kier molecular flexibility index (Phi) is 5.08. The molecule has 2 aromatic rings. The minimum atomic E-state index is -0.257. The number of nitrogens with one attached hydrogen (secondary N) is 2. The number of likely N-dealkylation sites (tertiary alicyclic amines) is 1. The van der Waals surface area contributed by atoms with Gasteiger partial charge in [0.15, 0.2) is 0 Å². The molecule has 132 valence electrons. The number of aromatic amines is 1. The lowest BCUT2D eigenvalue weighted by atomic mass is 9.74. The molecule has 1 aliphatic heterocycles. The number of hydrogen-bond donors (Lipinski definition) is 2. The molecular formula is C18H21ClN4O2. The summed E-state index contributed by atoms with van der Waals surface area (Å²) in [7, 11) is 0. The number of rotatable bonds is 3. The first-order valence-electron chi connectivity index (χ1n) is 8.30. The number of nitrogens with zero attached hydrogens (tertiary/aromatic N) is 2. The summed E-state index contributed by atoms with van der Waals surface area (Å²) in [5.41, 5.74) is 1.68. The monoisotopic (exact) mass is 360 g/mol. The van der Waals surface area contributed by atoms with Gasteiger partial charge < -0.3 is 10.2 Å². The molecule has 6 nitrogen and oxygen atoms in total. The van der Waals surface area contributed by atoms with Crippen LogP contribution in [-0.2, 0) is 12.0 Å². The molecule has 7 heteroatoms. The summed E-state index contributed by atoms with van der Waals surface area (Å²) >= 11 is 5.97. The Morgan fingerprint density at radius 2 is 1.92 bits per heavy atom. The first-order chi connectivity index (χ1) is 12.0. The van der Waals surface area contributed by atoms with Gasteiger partial charge in [-0.3, -0.25) is 4.79 Å². The standard InChI is InChI=1S/C18H21ClN4O2/c1-18(13-2-4-14(19)5-3-13)8-10-23(11-9-18)17(25)20-12-15-6-7-16(24)22-21-15/h2-7H,8-12H2,1H3,(H,20,25)(H,22,24). The molecule has 0 unspecified atom stereocenters. The minimum absolute atomic E-state index is 0.0574. The Morgan fingerprint density at radius 1 is 1.24 bits per heavy atom. The lowest BCUT2D eigenvalue weighted by Gasteiger charge is -2.39. The third-order valence-electron chi connectivity index (χ3n) is 4.85. The van der Waals surface area contributed by atoms with Crippen LogP contribution in [-0.4, -0.2) is 34.2 Å². The second kappa shape index (κ2) is 7.27. The van der Waals surface area contributed by atoms with Gasteiger partial charge in [-0.2, -0.15) is 5.10 Å². The number of H-pyrrole nitrogens is 1. The van der Waals surface area contributed by atoms with Crippen LogP contribution in [0.25, 0.3) is 0 Å². The molecule has 0 bridgehead atoms. The summed E-state index contributed by atoms with van der Waals surface area (Å²) in [6.07, 6.45) is 1.80. The molecule has 0 saturated carbocycles. The molecular weight excluding hydrogens is 340 g/mol. The highest BCUT2D eigenvalue weighted by Gasteiger charge is 2.33. The van der Waals surface area contributed by atoms with E-state index in [1.807, 2.05) is 17.0 Å². The van der Waals surface area contributed by atoms with Crippen LogP contribution in [0.15, 0.2) is 41.2 Å². The largest absolute Gasteiger partial charge is 0.332 e. The van der Waals surface area contributed by atoms with Gasteiger partial charge in [-0.15, -0.1) is 0 Å². The summed E-state index contributed by atoms with van der Waals surface area (Å²) in [6, 6.07) is 10.9. The highest BCUT2D eigenvalue weighted by atomic mass is 35.5. The van der Waals surface area contributed by atoms with Crippen LogP contribution >= 0.6 is 11.6 Å². The quantitative estimate of drug-likeness (QED) is 0.883. The van der Waals surface area contributed by atoms with Crippen molar-refractivity contribution in [3.63, 3.8) is 0 Å². The van der Waals surface area contributed by atoms with E-state index in [-0.39, 0.29) is 17.0 Å². The molecule has 2 N–H and O–H groups in total. The number of hydrogen-bond acceptors (Lipinski definition) is 3. The first-order valence-corrected chi connectivity index (χ1v) is 8.67. The molecule has 1 saturated heterocycles. The Bertz CT molecular complexity index is 775. The first kappa shape index (κ1) is 17.5. The molecule has 2 amide bonds. The fraction of sp³-hybridized carbons (Fsp3) is 0.389. The maximum Gasteiger partial charge on any atom is 0.317 e. The summed E-state index contributed by atoms with van der Waals surface area (Å²) < 4.78 is 0. The fourth-order valence-electron chi connectivity index (χ4n) is 3.09. The number of piperidine rings is 1. The normalized spacial score (nSPS) is 16.5. The molecule has 0 spiro atoms. The molecule has 0 radical (unpaired) electrons. The van der Waals surface area contributed by atoms with Crippen molar-refractivity contribution in [1.29, 1.82) is 0 Å². The van der Waals surface area contributed by atoms with E-state index in [0.29, 0.717) is 25.3 Å². The van der Waals surface area contributed by atoms with E-state index in [1.54, 1.807) is 6.07 Å². The van der Waals surface area contributed by atoms with Crippen molar-refractivity contribution in [2.45, 2.75) is 31.7 Å². The second-order valence-corrected chi connectivity index (χ2v) is 7.06.